The van der Waals surface area contributed by atoms with Gasteiger partial charge < -0.3 is 9.47 Å². The average molecular weight is 350 g/mol. The highest BCUT2D eigenvalue weighted by molar-refractivity contribution is 5.56. The van der Waals surface area contributed by atoms with Crippen LogP contribution in [-0.4, -0.2) is 17.1 Å². The molecule has 0 bridgehead atoms. The lowest BCUT2D eigenvalue weighted by atomic mass is 10.2. The molecule has 0 radical (unpaired) electrons. The smallest absolute Gasteiger partial charge is 0.223 e. The molecule has 3 rings (SSSR count). The maximum Gasteiger partial charge on any atom is 0.223 e. The molecule has 0 N–H and O–H groups in total. The summed E-state index contributed by atoms with van der Waals surface area (Å²) in [5.74, 6) is -7.11. The lowest BCUT2D eigenvalue weighted by molar-refractivity contribution is 0.358. The van der Waals surface area contributed by atoms with Gasteiger partial charge in [0, 0.05) is 23.9 Å². The summed E-state index contributed by atoms with van der Waals surface area (Å²) in [6, 6.07) is 7.98. The molecule has 25 heavy (non-hydrogen) atoms. The van der Waals surface area contributed by atoms with Crippen LogP contribution in [0.4, 0.5) is 17.6 Å². The third-order valence-electron chi connectivity index (χ3n) is 3.26. The molecule has 0 atom stereocenters. The number of hydrogen-bond donors (Lipinski definition) is 0. The number of hydrogen-bond acceptors (Lipinski definition) is 4. The molecule has 0 fully saturated rings. The van der Waals surface area contributed by atoms with Crippen molar-refractivity contribution in [3.8, 4) is 28.8 Å². The van der Waals surface area contributed by atoms with Gasteiger partial charge in [0.15, 0.2) is 17.5 Å². The van der Waals surface area contributed by atoms with Gasteiger partial charge in [-0.3, -0.25) is 0 Å². The van der Waals surface area contributed by atoms with Crippen LogP contribution in [0.3, 0.4) is 0 Å². The minimum Gasteiger partial charge on any atom is -0.497 e. The Labute approximate surface area is 139 Å². The van der Waals surface area contributed by atoms with E-state index >= 15 is 0 Å². The number of nitrogens with zero attached hydrogens (tertiary/aromatic N) is 2. The van der Waals surface area contributed by atoms with Crippen molar-refractivity contribution in [2.24, 2.45) is 0 Å². The summed E-state index contributed by atoms with van der Waals surface area (Å²) in [6.07, 6.45) is 1.29. The normalized spacial score (nSPS) is 10.6. The van der Waals surface area contributed by atoms with Crippen LogP contribution in [0, 0.1) is 23.3 Å². The third kappa shape index (κ3) is 3.37. The van der Waals surface area contributed by atoms with E-state index < -0.39 is 29.0 Å². The topological polar surface area (TPSA) is 44.2 Å². The Morgan fingerprint density at radius 2 is 1.52 bits per heavy atom. The van der Waals surface area contributed by atoms with Gasteiger partial charge in [-0.2, -0.15) is 13.8 Å². The summed E-state index contributed by atoms with van der Waals surface area (Å²) in [7, 11) is 1.52. The van der Waals surface area contributed by atoms with Crippen molar-refractivity contribution in [3.05, 3.63) is 65.9 Å². The quantitative estimate of drug-likeness (QED) is 0.513. The first kappa shape index (κ1) is 16.7. The van der Waals surface area contributed by atoms with Gasteiger partial charge in [-0.05, 0) is 24.3 Å². The first-order valence-corrected chi connectivity index (χ1v) is 6.98. The third-order valence-corrected chi connectivity index (χ3v) is 3.26. The monoisotopic (exact) mass is 350 g/mol. The van der Waals surface area contributed by atoms with Crippen LogP contribution in [0.5, 0.6) is 17.4 Å². The Hall–Kier alpha value is -3.16. The Morgan fingerprint density at radius 3 is 2.12 bits per heavy atom. The van der Waals surface area contributed by atoms with Crippen molar-refractivity contribution < 1.29 is 27.0 Å². The molecule has 0 unspecified atom stereocenters. The molecule has 3 aromatic rings. The van der Waals surface area contributed by atoms with Gasteiger partial charge in [0.1, 0.15) is 5.75 Å². The van der Waals surface area contributed by atoms with Crippen LogP contribution in [0.1, 0.15) is 0 Å². The molecular formula is C17H10F4N2O2. The molecule has 0 saturated carbocycles. The average Bonchev–Trinajstić information content (AvgIpc) is 2.64. The molecule has 1 aromatic heterocycles. The van der Waals surface area contributed by atoms with Gasteiger partial charge in [-0.15, -0.1) is 0 Å². The Balaban J connectivity index is 1.95. The van der Waals surface area contributed by atoms with Crippen LogP contribution in [0.2, 0.25) is 0 Å². The van der Waals surface area contributed by atoms with Crippen molar-refractivity contribution in [1.29, 1.82) is 0 Å². The SMILES string of the molecule is COc1ccc(-c2nccc(Oc3c(F)c(F)cc(F)c3F)n2)cc1. The zero-order valence-corrected chi connectivity index (χ0v) is 12.8. The Bertz CT molecular complexity index is 891. The fourth-order valence-electron chi connectivity index (χ4n) is 2.02. The molecule has 0 saturated heterocycles. The number of ether oxygens (including phenoxy) is 2. The lowest BCUT2D eigenvalue weighted by Gasteiger charge is -2.09. The maximum atomic E-state index is 13.7. The van der Waals surface area contributed by atoms with Gasteiger partial charge in [-0.25, -0.2) is 13.8 Å². The first-order chi connectivity index (χ1) is 12.0. The van der Waals surface area contributed by atoms with Crippen LogP contribution >= 0.6 is 0 Å². The predicted molar refractivity (Wildman–Crippen MR) is 80.4 cm³/mol. The summed E-state index contributed by atoms with van der Waals surface area (Å²) >= 11 is 0. The number of benzene rings is 2. The highest BCUT2D eigenvalue weighted by Crippen LogP contribution is 2.30. The highest BCUT2D eigenvalue weighted by atomic mass is 19.2. The summed E-state index contributed by atoms with van der Waals surface area (Å²) < 4.78 is 63.7. The van der Waals surface area contributed by atoms with Gasteiger partial charge in [-0.1, -0.05) is 0 Å². The van der Waals surface area contributed by atoms with E-state index in [2.05, 4.69) is 9.97 Å². The van der Waals surface area contributed by atoms with Crippen molar-refractivity contribution >= 4 is 0 Å². The molecule has 0 aliphatic rings. The summed E-state index contributed by atoms with van der Waals surface area (Å²) in [6.45, 7) is 0. The van der Waals surface area contributed by atoms with E-state index in [1.165, 1.54) is 19.4 Å². The molecular weight excluding hydrogens is 340 g/mol. The second-order valence-corrected chi connectivity index (χ2v) is 4.85. The molecule has 2 aromatic carbocycles. The number of methoxy groups -OCH3 is 1. The van der Waals surface area contributed by atoms with Gasteiger partial charge in [0.05, 0.1) is 7.11 Å². The fourth-order valence-corrected chi connectivity index (χ4v) is 2.02. The van der Waals surface area contributed by atoms with Gasteiger partial charge >= 0.3 is 0 Å². The molecule has 8 heteroatoms. The minimum atomic E-state index is -1.65. The van der Waals surface area contributed by atoms with E-state index in [4.69, 9.17) is 9.47 Å². The zero-order chi connectivity index (χ0) is 18.0. The maximum absolute atomic E-state index is 13.7. The van der Waals surface area contributed by atoms with Crippen LogP contribution in [0.25, 0.3) is 11.4 Å². The van der Waals surface area contributed by atoms with E-state index in [-0.39, 0.29) is 17.8 Å². The molecule has 128 valence electrons. The minimum absolute atomic E-state index is 0.0975. The van der Waals surface area contributed by atoms with Crippen molar-refractivity contribution in [2.75, 3.05) is 7.11 Å². The van der Waals surface area contributed by atoms with Crippen molar-refractivity contribution in [1.82, 2.24) is 9.97 Å². The van der Waals surface area contributed by atoms with E-state index in [9.17, 15) is 17.6 Å². The number of rotatable bonds is 4. The fraction of sp³-hybridized carbons (Fsp3) is 0.0588. The Kier molecular flexibility index (Phi) is 4.51. The molecule has 0 amide bonds. The first-order valence-electron chi connectivity index (χ1n) is 6.98. The number of aromatic nitrogens is 2. The summed E-state index contributed by atoms with van der Waals surface area (Å²) in [4.78, 5) is 8.00. The second kappa shape index (κ2) is 6.76. The Morgan fingerprint density at radius 1 is 0.880 bits per heavy atom. The number of halogens is 4. The van der Waals surface area contributed by atoms with E-state index in [1.807, 2.05) is 0 Å². The van der Waals surface area contributed by atoms with Gasteiger partial charge in [0.2, 0.25) is 23.3 Å². The van der Waals surface area contributed by atoms with E-state index in [0.29, 0.717) is 11.3 Å². The zero-order valence-electron chi connectivity index (χ0n) is 12.8. The molecule has 0 spiro atoms. The molecule has 0 aliphatic heterocycles. The van der Waals surface area contributed by atoms with Gasteiger partial charge in [0.25, 0.3) is 0 Å². The van der Waals surface area contributed by atoms with Crippen LogP contribution < -0.4 is 9.47 Å². The predicted octanol–water partition coefficient (Wildman–Crippen LogP) is 4.50. The van der Waals surface area contributed by atoms with E-state index in [1.54, 1.807) is 24.3 Å². The largest absolute Gasteiger partial charge is 0.497 e. The van der Waals surface area contributed by atoms with Crippen LogP contribution in [0.15, 0.2) is 42.6 Å². The molecule has 0 aliphatic carbocycles. The summed E-state index contributed by atoms with van der Waals surface area (Å²) in [5, 5.41) is 0. The lowest BCUT2D eigenvalue weighted by Crippen LogP contribution is -2.01. The molecule has 4 nitrogen and oxygen atoms in total. The van der Waals surface area contributed by atoms with Crippen molar-refractivity contribution in [3.63, 3.8) is 0 Å². The van der Waals surface area contributed by atoms with Crippen LogP contribution in [-0.2, 0) is 0 Å². The molecule has 1 heterocycles. The second-order valence-electron chi connectivity index (χ2n) is 4.85. The van der Waals surface area contributed by atoms with E-state index in [0.717, 1.165) is 0 Å². The standard InChI is InChI=1S/C17H10F4N2O2/c1-24-10-4-2-9(3-5-10)17-22-7-6-13(23-17)25-16-14(20)11(18)8-12(19)15(16)21/h2-8H,1H3. The highest BCUT2D eigenvalue weighted by Gasteiger charge is 2.21. The summed E-state index contributed by atoms with van der Waals surface area (Å²) in [5.41, 5.74) is 0.581. The van der Waals surface area contributed by atoms with Crippen molar-refractivity contribution in [2.45, 2.75) is 0 Å².